The fourth-order valence-electron chi connectivity index (χ4n) is 7.84. The second-order valence-electron chi connectivity index (χ2n) is 12.8. The van der Waals surface area contributed by atoms with E-state index in [2.05, 4.69) is 20.9 Å². The van der Waals surface area contributed by atoms with Gasteiger partial charge in [0.15, 0.2) is 23.1 Å². The minimum absolute atomic E-state index is 0.00262. The van der Waals surface area contributed by atoms with Crippen LogP contribution in [0, 0.1) is 18.4 Å². The molecule has 2 amide bonds. The number of aryl methyl sites for hydroxylation is 1. The fourth-order valence-corrected chi connectivity index (χ4v) is 7.84. The van der Waals surface area contributed by atoms with Crippen molar-refractivity contribution in [2.75, 3.05) is 19.6 Å². The topological polar surface area (TPSA) is 172 Å². The molecule has 7 rings (SSSR count). The van der Waals surface area contributed by atoms with Crippen molar-refractivity contribution < 1.29 is 29.1 Å². The number of nitriles is 1. The summed E-state index contributed by atoms with van der Waals surface area (Å²) in [6, 6.07) is 4.73. The predicted molar refractivity (Wildman–Crippen MR) is 161 cm³/mol. The number of hydrogen-bond acceptors (Lipinski definition) is 8. The number of rotatable bonds is 8. The van der Waals surface area contributed by atoms with Gasteiger partial charge in [0.05, 0.1) is 13.1 Å². The third kappa shape index (κ3) is 4.50. The maximum Gasteiger partial charge on any atom is 0.331 e. The number of carboxylic acids is 1. The van der Waals surface area contributed by atoms with Crippen molar-refractivity contribution in [3.05, 3.63) is 64.1 Å². The zero-order valence-electron chi connectivity index (χ0n) is 25.3. The molecule has 13 nitrogen and oxygen atoms in total. The molecule has 1 aromatic carbocycles. The molecule has 0 bridgehead atoms. The van der Waals surface area contributed by atoms with E-state index in [4.69, 9.17) is 0 Å². The van der Waals surface area contributed by atoms with Crippen LogP contribution < -0.4 is 16.0 Å². The first kappa shape index (κ1) is 29.1. The molecule has 1 spiro atoms. The van der Waals surface area contributed by atoms with Crippen molar-refractivity contribution in [3.8, 4) is 11.9 Å². The van der Waals surface area contributed by atoms with Crippen molar-refractivity contribution in [1.82, 2.24) is 30.2 Å². The third-order valence-electron chi connectivity index (χ3n) is 10.4. The zero-order chi connectivity index (χ0) is 31.7. The number of nitrogens with one attached hydrogen (secondary N) is 3. The maximum atomic E-state index is 13.9. The summed E-state index contributed by atoms with van der Waals surface area (Å²) in [4.78, 5) is 45.9. The SMILES string of the molecule is CCc1cc2c(c(C)c1C(=O)NC1(C(=O)O)C[C@H]1NC1C(NC#N)[N+]13CCCC3)CCN(C(=O)c1cn3cccc(O)c3n1)C2. The number of carboxylic acid groups (broad SMARTS) is 1. The molecule has 3 aromatic rings. The molecule has 3 unspecified atom stereocenters. The summed E-state index contributed by atoms with van der Waals surface area (Å²) in [7, 11) is 0. The highest BCUT2D eigenvalue weighted by atomic mass is 16.4. The molecular formula is C32H37N8O5+. The Morgan fingerprint density at radius 3 is 2.71 bits per heavy atom. The van der Waals surface area contributed by atoms with Gasteiger partial charge in [-0.05, 0) is 54.2 Å². The average Bonchev–Trinajstić information content (AvgIpc) is 3.61. The Balaban J connectivity index is 1.09. The van der Waals surface area contributed by atoms with Crippen LogP contribution in [0.2, 0.25) is 0 Å². The van der Waals surface area contributed by atoms with Gasteiger partial charge in [-0.25, -0.2) is 9.78 Å². The molecular weight excluding hydrogens is 576 g/mol. The first-order valence-corrected chi connectivity index (χ1v) is 15.6. The van der Waals surface area contributed by atoms with Crippen molar-refractivity contribution >= 4 is 23.4 Å². The summed E-state index contributed by atoms with van der Waals surface area (Å²) in [6.45, 7) is 6.52. The summed E-state index contributed by atoms with van der Waals surface area (Å²) in [5.74, 6) is -1.72. The van der Waals surface area contributed by atoms with Gasteiger partial charge in [-0.2, -0.15) is 5.26 Å². The number of benzene rings is 1. The Kier molecular flexibility index (Phi) is 6.75. The lowest BCUT2D eigenvalue weighted by Gasteiger charge is -2.31. The first-order valence-electron chi connectivity index (χ1n) is 15.6. The van der Waals surface area contributed by atoms with Gasteiger partial charge in [0.25, 0.3) is 11.8 Å². The van der Waals surface area contributed by atoms with E-state index in [-0.39, 0.29) is 36.1 Å². The molecule has 2 saturated heterocycles. The van der Waals surface area contributed by atoms with Gasteiger partial charge in [-0.3, -0.25) is 24.7 Å². The molecule has 2 aromatic heterocycles. The molecule has 1 saturated carbocycles. The number of imidazole rings is 1. The summed E-state index contributed by atoms with van der Waals surface area (Å²) in [5.41, 5.74) is 3.19. The van der Waals surface area contributed by atoms with E-state index in [0.717, 1.165) is 52.7 Å². The minimum Gasteiger partial charge on any atom is -0.504 e. The molecule has 234 valence electrons. The van der Waals surface area contributed by atoms with Crippen LogP contribution >= 0.6 is 0 Å². The highest BCUT2D eigenvalue weighted by Gasteiger charge is 2.72. The Bertz CT molecular complexity index is 1790. The van der Waals surface area contributed by atoms with E-state index in [9.17, 15) is 29.9 Å². The quantitative estimate of drug-likeness (QED) is 0.109. The standard InChI is InChI=1S/C32H36N8O5/c1-3-19-13-20-15-39(30(43)22-16-38-9-6-7-23(41)26(38)35-22)10-8-21(20)18(2)25(19)29(42)37-32(31(44)45)14-24(32)36-28-27(34-17-33)40(28)11-4-5-12-40/h6-7,9,13,16,24,27-28,34,36H,3-5,8,10-12,14-15H2,1-2H3,(H2-,37,41,42,44,45)/p+1/t24-,27?,28?,32?/m1/s1. The summed E-state index contributed by atoms with van der Waals surface area (Å²) in [5, 5.41) is 38.8. The fraction of sp³-hybridized carbons (Fsp3) is 0.469. The maximum absolute atomic E-state index is 13.9. The van der Waals surface area contributed by atoms with Gasteiger partial charge in [0.2, 0.25) is 12.3 Å². The monoisotopic (exact) mass is 613 g/mol. The van der Waals surface area contributed by atoms with E-state index in [0.29, 0.717) is 37.1 Å². The number of pyridine rings is 1. The molecule has 4 aliphatic rings. The van der Waals surface area contributed by atoms with E-state index in [1.165, 1.54) is 6.07 Å². The van der Waals surface area contributed by atoms with Crippen LogP contribution in [0.4, 0.5) is 0 Å². The number of carbonyl (C=O) groups is 3. The smallest absolute Gasteiger partial charge is 0.331 e. The highest BCUT2D eigenvalue weighted by Crippen LogP contribution is 2.46. The van der Waals surface area contributed by atoms with Crippen molar-refractivity contribution in [2.45, 2.75) is 76.4 Å². The lowest BCUT2D eigenvalue weighted by atomic mass is 9.87. The van der Waals surface area contributed by atoms with Crippen molar-refractivity contribution in [3.63, 3.8) is 0 Å². The summed E-state index contributed by atoms with van der Waals surface area (Å²) >= 11 is 0. The molecule has 1 aliphatic carbocycles. The Hall–Kier alpha value is -4.67. The molecule has 0 radical (unpaired) electrons. The number of nitrogens with zero attached hydrogens (tertiary/aromatic N) is 5. The number of carbonyl (C=O) groups excluding carboxylic acids is 2. The number of hydrogen-bond donors (Lipinski definition) is 5. The van der Waals surface area contributed by atoms with Crippen LogP contribution in [0.1, 0.15) is 69.3 Å². The average molecular weight is 614 g/mol. The van der Waals surface area contributed by atoms with Gasteiger partial charge in [-0.1, -0.05) is 13.0 Å². The molecule has 3 aliphatic heterocycles. The van der Waals surface area contributed by atoms with Crippen LogP contribution in [0.15, 0.2) is 30.6 Å². The van der Waals surface area contributed by atoms with Crippen LogP contribution in [-0.4, -0.2) is 90.3 Å². The Labute approximate surface area is 260 Å². The second-order valence-corrected chi connectivity index (χ2v) is 12.8. The van der Waals surface area contributed by atoms with Crippen molar-refractivity contribution in [2.24, 2.45) is 0 Å². The van der Waals surface area contributed by atoms with E-state index in [1.807, 2.05) is 26.1 Å². The molecule has 5 heterocycles. The number of aromatic hydroxyl groups is 1. The lowest BCUT2D eigenvalue weighted by molar-refractivity contribution is -0.816. The zero-order valence-corrected chi connectivity index (χ0v) is 25.3. The van der Waals surface area contributed by atoms with E-state index in [1.54, 1.807) is 27.8 Å². The lowest BCUT2D eigenvalue weighted by Crippen LogP contribution is -2.50. The number of quaternary nitrogens is 1. The second kappa shape index (κ2) is 10.5. The summed E-state index contributed by atoms with van der Waals surface area (Å²) in [6.07, 6.45) is 8.77. The minimum atomic E-state index is -1.42. The molecule has 3 fully saturated rings. The van der Waals surface area contributed by atoms with Gasteiger partial charge in [0.1, 0.15) is 5.69 Å². The Morgan fingerprint density at radius 2 is 2.02 bits per heavy atom. The molecule has 5 N–H and O–H groups in total. The highest BCUT2D eigenvalue weighted by molar-refractivity contribution is 6.02. The molecule has 4 atom stereocenters. The number of amides is 2. The van der Waals surface area contributed by atoms with Crippen LogP contribution in [0.25, 0.3) is 5.65 Å². The van der Waals surface area contributed by atoms with Crippen LogP contribution in [0.3, 0.4) is 0 Å². The normalized spacial score (nSPS) is 25.9. The van der Waals surface area contributed by atoms with Gasteiger partial charge < -0.3 is 24.8 Å². The van der Waals surface area contributed by atoms with Gasteiger partial charge in [-0.15, -0.1) is 0 Å². The third-order valence-corrected chi connectivity index (χ3v) is 10.4. The summed E-state index contributed by atoms with van der Waals surface area (Å²) < 4.78 is 2.35. The number of aliphatic carboxylic acids is 1. The van der Waals surface area contributed by atoms with E-state index >= 15 is 0 Å². The Morgan fingerprint density at radius 1 is 1.24 bits per heavy atom. The van der Waals surface area contributed by atoms with Gasteiger partial charge in [0, 0.05) is 56.4 Å². The van der Waals surface area contributed by atoms with Crippen LogP contribution in [0.5, 0.6) is 5.75 Å². The van der Waals surface area contributed by atoms with Crippen molar-refractivity contribution in [1.29, 1.82) is 5.26 Å². The van der Waals surface area contributed by atoms with Gasteiger partial charge >= 0.3 is 5.97 Å². The molecule has 13 heteroatoms. The first-order chi connectivity index (χ1) is 21.6. The largest absolute Gasteiger partial charge is 0.504 e. The number of aromatic nitrogens is 2. The number of fused-ring (bicyclic) bond motifs is 2. The van der Waals surface area contributed by atoms with Crippen LogP contribution in [-0.2, 0) is 24.2 Å². The predicted octanol–water partition coefficient (Wildman–Crippen LogP) is 1.37. The van der Waals surface area contributed by atoms with E-state index < -0.39 is 23.5 Å². The molecule has 45 heavy (non-hydrogen) atoms.